The van der Waals surface area contributed by atoms with Crippen LogP contribution in [0.2, 0.25) is 5.02 Å². The third kappa shape index (κ3) is 3.20. The first-order chi connectivity index (χ1) is 13.0. The normalized spacial score (nSPS) is 10.9. The third-order valence-corrected chi connectivity index (χ3v) is 4.75. The molecule has 4 rings (SSSR count). The maximum atomic E-state index is 13.3. The van der Waals surface area contributed by atoms with E-state index in [1.54, 1.807) is 22.8 Å². The highest BCUT2D eigenvalue weighted by Crippen LogP contribution is 2.24. The number of benzene rings is 3. The number of rotatable bonds is 3. The Hall–Kier alpha value is -3.11. The van der Waals surface area contributed by atoms with Crippen molar-refractivity contribution in [2.24, 2.45) is 0 Å². The lowest BCUT2D eigenvalue weighted by molar-refractivity contribution is 0.974. The maximum Gasteiger partial charge on any atom is 0.266 e. The molecule has 0 bridgehead atoms. The molecule has 0 fully saturated rings. The molecular weight excluding hydrogens is 358 g/mol. The average Bonchev–Trinajstić information content (AvgIpc) is 2.69. The summed E-state index contributed by atoms with van der Waals surface area (Å²) < 4.78 is 1.66. The number of fused-ring (bicyclic) bond motifs is 1. The lowest BCUT2D eigenvalue weighted by atomic mass is 10.1. The van der Waals surface area contributed by atoms with Gasteiger partial charge in [-0.3, -0.25) is 9.36 Å². The zero-order chi connectivity index (χ0) is 19.0. The molecule has 3 aromatic carbocycles. The molecular formula is C22H18ClN3O. The molecule has 5 heteroatoms. The fraction of sp³-hybridized carbons (Fsp3) is 0.0909. The van der Waals surface area contributed by atoms with Gasteiger partial charge in [0.1, 0.15) is 5.82 Å². The first-order valence-electron chi connectivity index (χ1n) is 8.60. The van der Waals surface area contributed by atoms with Gasteiger partial charge in [0.05, 0.1) is 16.6 Å². The number of hydrogen-bond donors (Lipinski definition) is 0. The monoisotopic (exact) mass is 375 g/mol. The van der Waals surface area contributed by atoms with Crippen LogP contribution in [0.4, 0.5) is 5.69 Å². The number of para-hydroxylation sites is 1. The van der Waals surface area contributed by atoms with E-state index >= 15 is 0 Å². The van der Waals surface area contributed by atoms with E-state index in [1.807, 2.05) is 73.6 Å². The summed E-state index contributed by atoms with van der Waals surface area (Å²) in [6, 6.07) is 22.6. The Balaban J connectivity index is 2.02. The summed E-state index contributed by atoms with van der Waals surface area (Å²) in [5, 5.41) is 1.23. The van der Waals surface area contributed by atoms with Crippen molar-refractivity contribution in [3.05, 3.63) is 88.2 Å². The van der Waals surface area contributed by atoms with Gasteiger partial charge < -0.3 is 4.90 Å². The van der Waals surface area contributed by atoms with Crippen LogP contribution in [0, 0.1) is 0 Å². The van der Waals surface area contributed by atoms with Crippen molar-refractivity contribution in [3.63, 3.8) is 0 Å². The topological polar surface area (TPSA) is 38.1 Å². The highest BCUT2D eigenvalue weighted by molar-refractivity contribution is 6.30. The van der Waals surface area contributed by atoms with E-state index in [0.29, 0.717) is 21.7 Å². The molecule has 0 N–H and O–H groups in total. The van der Waals surface area contributed by atoms with Crippen molar-refractivity contribution in [1.29, 1.82) is 0 Å². The predicted molar refractivity (Wildman–Crippen MR) is 112 cm³/mol. The molecule has 27 heavy (non-hydrogen) atoms. The second-order valence-electron chi connectivity index (χ2n) is 6.51. The first kappa shape index (κ1) is 17.3. The van der Waals surface area contributed by atoms with Gasteiger partial charge in [-0.25, -0.2) is 4.98 Å². The second-order valence-corrected chi connectivity index (χ2v) is 6.95. The minimum atomic E-state index is -0.0943. The summed E-state index contributed by atoms with van der Waals surface area (Å²) in [5.74, 6) is 0.591. The second kappa shape index (κ2) is 6.89. The molecule has 0 spiro atoms. The lowest BCUT2D eigenvalue weighted by Gasteiger charge is -2.16. The summed E-state index contributed by atoms with van der Waals surface area (Å²) in [6.07, 6.45) is 0. The molecule has 0 aliphatic carbocycles. The molecule has 0 aliphatic rings. The molecule has 0 atom stereocenters. The van der Waals surface area contributed by atoms with Crippen LogP contribution in [0.15, 0.2) is 77.6 Å². The quantitative estimate of drug-likeness (QED) is 0.517. The predicted octanol–water partition coefficient (Wildman–Crippen LogP) is 4.77. The van der Waals surface area contributed by atoms with E-state index in [0.717, 1.165) is 16.9 Å². The fourth-order valence-electron chi connectivity index (χ4n) is 3.06. The Bertz CT molecular complexity index is 1160. The van der Waals surface area contributed by atoms with Crippen molar-refractivity contribution in [2.45, 2.75) is 0 Å². The van der Waals surface area contributed by atoms with Gasteiger partial charge in [-0.05, 0) is 60.7 Å². The summed E-state index contributed by atoms with van der Waals surface area (Å²) in [6.45, 7) is 0. The van der Waals surface area contributed by atoms with Crippen LogP contribution < -0.4 is 10.5 Å². The Labute approximate surface area is 162 Å². The molecule has 0 saturated carbocycles. The summed E-state index contributed by atoms with van der Waals surface area (Å²) in [4.78, 5) is 20.1. The summed E-state index contributed by atoms with van der Waals surface area (Å²) in [5.41, 5.74) is 3.25. The largest absolute Gasteiger partial charge is 0.378 e. The average molecular weight is 376 g/mol. The van der Waals surface area contributed by atoms with Gasteiger partial charge in [0.15, 0.2) is 0 Å². The minimum absolute atomic E-state index is 0.0943. The van der Waals surface area contributed by atoms with Gasteiger partial charge in [0, 0.05) is 30.4 Å². The van der Waals surface area contributed by atoms with Gasteiger partial charge in [-0.15, -0.1) is 0 Å². The molecule has 134 valence electrons. The van der Waals surface area contributed by atoms with E-state index in [1.165, 1.54) is 0 Å². The third-order valence-electron chi connectivity index (χ3n) is 4.50. The van der Waals surface area contributed by atoms with Gasteiger partial charge >= 0.3 is 0 Å². The van der Waals surface area contributed by atoms with Gasteiger partial charge in [-0.2, -0.15) is 0 Å². The number of nitrogens with zero attached hydrogens (tertiary/aromatic N) is 3. The number of hydrogen-bond acceptors (Lipinski definition) is 3. The number of anilines is 1. The molecule has 1 heterocycles. The van der Waals surface area contributed by atoms with Gasteiger partial charge in [0.25, 0.3) is 5.56 Å². The smallest absolute Gasteiger partial charge is 0.266 e. The maximum absolute atomic E-state index is 13.3. The summed E-state index contributed by atoms with van der Waals surface area (Å²) >= 11 is 6.04. The molecule has 0 saturated heterocycles. The molecule has 0 radical (unpaired) electrons. The highest BCUT2D eigenvalue weighted by atomic mass is 35.5. The number of halogens is 1. The molecule has 0 aliphatic heterocycles. The van der Waals surface area contributed by atoms with E-state index in [-0.39, 0.29) is 5.56 Å². The zero-order valence-electron chi connectivity index (χ0n) is 15.1. The van der Waals surface area contributed by atoms with Crippen molar-refractivity contribution in [3.8, 4) is 17.1 Å². The Morgan fingerprint density at radius 3 is 2.22 bits per heavy atom. The zero-order valence-corrected chi connectivity index (χ0v) is 15.8. The Morgan fingerprint density at radius 2 is 1.56 bits per heavy atom. The molecule has 0 amide bonds. The standard InChI is InChI=1S/C22H18ClN3O/c1-25(2)17-11-13-18(14-12-17)26-21(15-7-9-16(23)10-8-15)24-20-6-4-3-5-19(20)22(26)27/h3-14H,1-2H3. The minimum Gasteiger partial charge on any atom is -0.378 e. The van der Waals surface area contributed by atoms with Crippen molar-refractivity contribution < 1.29 is 0 Å². The van der Waals surface area contributed by atoms with Crippen LogP contribution in [-0.4, -0.2) is 23.6 Å². The van der Waals surface area contributed by atoms with Crippen LogP contribution in [-0.2, 0) is 0 Å². The molecule has 4 aromatic rings. The van der Waals surface area contributed by atoms with E-state index in [9.17, 15) is 4.79 Å². The Kier molecular flexibility index (Phi) is 4.42. The van der Waals surface area contributed by atoms with Crippen molar-refractivity contribution in [1.82, 2.24) is 9.55 Å². The summed E-state index contributed by atoms with van der Waals surface area (Å²) in [7, 11) is 3.97. The van der Waals surface area contributed by atoms with Crippen LogP contribution in [0.1, 0.15) is 0 Å². The van der Waals surface area contributed by atoms with Gasteiger partial charge in [-0.1, -0.05) is 23.7 Å². The van der Waals surface area contributed by atoms with Crippen LogP contribution in [0.5, 0.6) is 0 Å². The fourth-order valence-corrected chi connectivity index (χ4v) is 3.19. The van der Waals surface area contributed by atoms with Gasteiger partial charge in [0.2, 0.25) is 0 Å². The lowest BCUT2D eigenvalue weighted by Crippen LogP contribution is -2.22. The van der Waals surface area contributed by atoms with Crippen LogP contribution in [0.3, 0.4) is 0 Å². The van der Waals surface area contributed by atoms with Crippen LogP contribution >= 0.6 is 11.6 Å². The first-order valence-corrected chi connectivity index (χ1v) is 8.98. The molecule has 0 unspecified atom stereocenters. The Morgan fingerprint density at radius 1 is 0.889 bits per heavy atom. The van der Waals surface area contributed by atoms with Crippen molar-refractivity contribution in [2.75, 3.05) is 19.0 Å². The van der Waals surface area contributed by atoms with E-state index < -0.39 is 0 Å². The number of aromatic nitrogens is 2. The van der Waals surface area contributed by atoms with Crippen LogP contribution in [0.25, 0.3) is 28.0 Å². The highest BCUT2D eigenvalue weighted by Gasteiger charge is 2.14. The van der Waals surface area contributed by atoms with E-state index in [2.05, 4.69) is 0 Å². The molecule has 1 aromatic heterocycles. The van der Waals surface area contributed by atoms with Crippen molar-refractivity contribution >= 4 is 28.2 Å². The van der Waals surface area contributed by atoms with E-state index in [4.69, 9.17) is 16.6 Å². The molecule has 4 nitrogen and oxygen atoms in total. The SMILES string of the molecule is CN(C)c1ccc(-n2c(-c3ccc(Cl)cc3)nc3ccccc3c2=O)cc1.